The fourth-order valence-corrected chi connectivity index (χ4v) is 2.03. The summed E-state index contributed by atoms with van der Waals surface area (Å²) in [6.45, 7) is 1.88. The van der Waals surface area contributed by atoms with Gasteiger partial charge >= 0.3 is 5.69 Å². The standard InChI is InChI=1S/C11H8BrClN4O2/c1-6-2-3-7(12)4-8(6)16-11-9(17(18)19)10(13)14-5-15-11/h2-5H,1H3,(H,14,15,16). The molecule has 0 radical (unpaired) electrons. The molecule has 1 aromatic carbocycles. The molecule has 0 saturated heterocycles. The Morgan fingerprint density at radius 1 is 1.42 bits per heavy atom. The predicted octanol–water partition coefficient (Wildman–Crippen LogP) is 3.85. The lowest BCUT2D eigenvalue weighted by atomic mass is 10.2. The van der Waals surface area contributed by atoms with Crippen molar-refractivity contribution in [2.24, 2.45) is 0 Å². The first-order chi connectivity index (χ1) is 8.99. The highest BCUT2D eigenvalue weighted by Gasteiger charge is 2.21. The van der Waals surface area contributed by atoms with Crippen molar-refractivity contribution in [2.75, 3.05) is 5.32 Å². The van der Waals surface area contributed by atoms with Crippen LogP contribution in [0, 0.1) is 17.0 Å². The number of nitrogens with one attached hydrogen (secondary N) is 1. The normalized spacial score (nSPS) is 10.3. The van der Waals surface area contributed by atoms with E-state index in [-0.39, 0.29) is 16.7 Å². The Bertz CT molecular complexity index is 651. The maximum absolute atomic E-state index is 11.0. The van der Waals surface area contributed by atoms with E-state index in [1.807, 2.05) is 19.1 Å². The van der Waals surface area contributed by atoms with Gasteiger partial charge < -0.3 is 5.32 Å². The van der Waals surface area contributed by atoms with Gasteiger partial charge in [0.2, 0.25) is 11.0 Å². The number of aryl methyl sites for hydroxylation is 1. The van der Waals surface area contributed by atoms with E-state index in [0.717, 1.165) is 10.0 Å². The third-order valence-corrected chi connectivity index (χ3v) is 3.18. The molecule has 0 unspecified atom stereocenters. The number of hydrogen-bond acceptors (Lipinski definition) is 5. The van der Waals surface area contributed by atoms with Crippen molar-refractivity contribution < 1.29 is 4.92 Å². The van der Waals surface area contributed by atoms with Crippen molar-refractivity contribution in [3.05, 3.63) is 49.8 Å². The van der Waals surface area contributed by atoms with E-state index < -0.39 is 4.92 Å². The van der Waals surface area contributed by atoms with Crippen LogP contribution in [0.25, 0.3) is 0 Å². The van der Waals surface area contributed by atoms with E-state index in [9.17, 15) is 10.1 Å². The number of rotatable bonds is 3. The topological polar surface area (TPSA) is 81.0 Å². The summed E-state index contributed by atoms with van der Waals surface area (Å²) in [6.07, 6.45) is 1.17. The Morgan fingerprint density at radius 2 is 2.16 bits per heavy atom. The van der Waals surface area contributed by atoms with E-state index in [0.29, 0.717) is 5.69 Å². The van der Waals surface area contributed by atoms with Gasteiger partial charge in [-0.2, -0.15) is 0 Å². The summed E-state index contributed by atoms with van der Waals surface area (Å²) in [5.41, 5.74) is 1.28. The molecular weight excluding hydrogens is 336 g/mol. The summed E-state index contributed by atoms with van der Waals surface area (Å²) in [6, 6.07) is 5.55. The lowest BCUT2D eigenvalue weighted by molar-refractivity contribution is -0.384. The van der Waals surface area contributed by atoms with Crippen molar-refractivity contribution >= 4 is 44.7 Å². The Balaban J connectivity index is 2.46. The monoisotopic (exact) mass is 342 g/mol. The van der Waals surface area contributed by atoms with Crippen molar-refractivity contribution in [3.8, 4) is 0 Å². The molecule has 98 valence electrons. The molecule has 19 heavy (non-hydrogen) atoms. The van der Waals surface area contributed by atoms with Gasteiger partial charge in [0, 0.05) is 10.2 Å². The van der Waals surface area contributed by atoms with Gasteiger partial charge in [-0.15, -0.1) is 0 Å². The zero-order valence-electron chi connectivity index (χ0n) is 9.72. The van der Waals surface area contributed by atoms with Gasteiger partial charge in [0.05, 0.1) is 4.92 Å². The van der Waals surface area contributed by atoms with Crippen molar-refractivity contribution in [1.82, 2.24) is 9.97 Å². The highest BCUT2D eigenvalue weighted by Crippen LogP contribution is 2.32. The van der Waals surface area contributed by atoms with E-state index in [1.54, 1.807) is 6.07 Å². The molecule has 0 spiro atoms. The largest absolute Gasteiger partial charge is 0.348 e. The molecule has 0 saturated carbocycles. The van der Waals surface area contributed by atoms with Crippen LogP contribution in [0.2, 0.25) is 5.15 Å². The highest BCUT2D eigenvalue weighted by atomic mass is 79.9. The number of benzene rings is 1. The van der Waals surface area contributed by atoms with Crippen LogP contribution >= 0.6 is 27.5 Å². The smallest absolute Gasteiger partial charge is 0.334 e. The van der Waals surface area contributed by atoms with E-state index in [2.05, 4.69) is 31.2 Å². The summed E-state index contributed by atoms with van der Waals surface area (Å²) >= 11 is 9.06. The average molecular weight is 344 g/mol. The second kappa shape index (κ2) is 5.50. The molecular formula is C11H8BrClN4O2. The number of anilines is 2. The van der Waals surface area contributed by atoms with Gasteiger partial charge in [-0.1, -0.05) is 33.6 Å². The van der Waals surface area contributed by atoms with Crippen LogP contribution < -0.4 is 5.32 Å². The third kappa shape index (κ3) is 2.99. The minimum absolute atomic E-state index is 0.0613. The molecule has 6 nitrogen and oxygen atoms in total. The van der Waals surface area contributed by atoms with Gasteiger partial charge in [0.1, 0.15) is 6.33 Å². The van der Waals surface area contributed by atoms with Crippen LogP contribution in [-0.2, 0) is 0 Å². The summed E-state index contributed by atoms with van der Waals surface area (Å²) < 4.78 is 0.850. The Hall–Kier alpha value is -1.73. The van der Waals surface area contributed by atoms with Gasteiger partial charge in [0.15, 0.2) is 0 Å². The van der Waals surface area contributed by atoms with Crippen LogP contribution in [-0.4, -0.2) is 14.9 Å². The molecule has 0 aliphatic carbocycles. The van der Waals surface area contributed by atoms with Gasteiger partial charge in [-0.05, 0) is 24.6 Å². The Morgan fingerprint density at radius 3 is 2.84 bits per heavy atom. The third-order valence-electron chi connectivity index (χ3n) is 2.41. The molecule has 1 aromatic heterocycles. The van der Waals surface area contributed by atoms with Crippen molar-refractivity contribution in [3.63, 3.8) is 0 Å². The zero-order valence-corrected chi connectivity index (χ0v) is 12.1. The summed E-state index contributed by atoms with van der Waals surface area (Å²) in [5.74, 6) is 0.0613. The molecule has 2 rings (SSSR count). The number of hydrogen-bond donors (Lipinski definition) is 1. The van der Waals surface area contributed by atoms with Gasteiger partial charge in [-0.25, -0.2) is 9.97 Å². The van der Waals surface area contributed by atoms with E-state index in [4.69, 9.17) is 11.6 Å². The Labute approximate surface area is 122 Å². The molecule has 0 atom stereocenters. The van der Waals surface area contributed by atoms with E-state index in [1.165, 1.54) is 6.33 Å². The summed E-state index contributed by atoms with van der Waals surface area (Å²) in [4.78, 5) is 17.8. The summed E-state index contributed by atoms with van der Waals surface area (Å²) in [7, 11) is 0. The second-order valence-electron chi connectivity index (χ2n) is 3.70. The summed E-state index contributed by atoms with van der Waals surface area (Å²) in [5, 5.41) is 13.7. The van der Waals surface area contributed by atoms with Crippen LogP contribution in [0.4, 0.5) is 17.2 Å². The maximum atomic E-state index is 11.0. The second-order valence-corrected chi connectivity index (χ2v) is 4.98. The molecule has 8 heteroatoms. The number of aromatic nitrogens is 2. The Kier molecular flexibility index (Phi) is 3.96. The minimum Gasteiger partial charge on any atom is -0.334 e. The molecule has 0 bridgehead atoms. The number of nitro groups is 1. The van der Waals surface area contributed by atoms with Crippen LogP contribution in [0.5, 0.6) is 0 Å². The maximum Gasteiger partial charge on any atom is 0.348 e. The van der Waals surface area contributed by atoms with E-state index >= 15 is 0 Å². The molecule has 0 fully saturated rings. The SMILES string of the molecule is Cc1ccc(Br)cc1Nc1ncnc(Cl)c1[N+](=O)[O-]. The molecule has 1 heterocycles. The molecule has 2 aromatic rings. The first-order valence-corrected chi connectivity index (χ1v) is 6.34. The molecule has 0 aliphatic rings. The molecule has 1 N–H and O–H groups in total. The average Bonchev–Trinajstić information content (AvgIpc) is 2.33. The van der Waals surface area contributed by atoms with Crippen LogP contribution in [0.1, 0.15) is 5.56 Å². The molecule has 0 aliphatic heterocycles. The lowest BCUT2D eigenvalue weighted by Crippen LogP contribution is -2.02. The number of halogens is 2. The predicted molar refractivity (Wildman–Crippen MR) is 75.9 cm³/mol. The molecule has 0 amide bonds. The lowest BCUT2D eigenvalue weighted by Gasteiger charge is -2.09. The fraction of sp³-hybridized carbons (Fsp3) is 0.0909. The van der Waals surface area contributed by atoms with Crippen molar-refractivity contribution in [1.29, 1.82) is 0 Å². The highest BCUT2D eigenvalue weighted by molar-refractivity contribution is 9.10. The van der Waals surface area contributed by atoms with Crippen LogP contribution in [0.15, 0.2) is 29.0 Å². The van der Waals surface area contributed by atoms with Gasteiger partial charge in [-0.3, -0.25) is 10.1 Å². The van der Waals surface area contributed by atoms with Crippen LogP contribution in [0.3, 0.4) is 0 Å². The number of nitrogens with zero attached hydrogens (tertiary/aromatic N) is 3. The quantitative estimate of drug-likeness (QED) is 0.520. The minimum atomic E-state index is -0.613. The van der Waals surface area contributed by atoms with Gasteiger partial charge in [0.25, 0.3) is 0 Å². The fourth-order valence-electron chi connectivity index (χ4n) is 1.47. The first-order valence-electron chi connectivity index (χ1n) is 5.17. The first kappa shape index (κ1) is 13.7. The van der Waals surface area contributed by atoms with Crippen molar-refractivity contribution in [2.45, 2.75) is 6.92 Å². The zero-order chi connectivity index (χ0) is 14.0.